The van der Waals surface area contributed by atoms with E-state index in [4.69, 9.17) is 4.74 Å². The lowest BCUT2D eigenvalue weighted by Crippen LogP contribution is -2.03. The molecule has 0 aliphatic rings. The summed E-state index contributed by atoms with van der Waals surface area (Å²) in [6.45, 7) is 0. The Morgan fingerprint density at radius 2 is 1.88 bits per heavy atom. The maximum atomic E-state index is 12.0. The first-order valence-electron chi connectivity index (χ1n) is 7.60. The number of H-pyrrole nitrogens is 1. The standard InChI is InChI=1S/C20H14N2O2/c23-20(10-7-14-4-3-11-21-13-14)24-15-8-9-19-17(12-15)16-5-1-2-6-18(16)22-19/h1-13,22H/b10-7+. The number of esters is 1. The van der Waals surface area contributed by atoms with Crippen LogP contribution in [-0.2, 0) is 4.79 Å². The van der Waals surface area contributed by atoms with Crippen molar-refractivity contribution < 1.29 is 9.53 Å². The highest BCUT2D eigenvalue weighted by atomic mass is 16.5. The van der Waals surface area contributed by atoms with Gasteiger partial charge in [-0.1, -0.05) is 24.3 Å². The largest absolute Gasteiger partial charge is 0.423 e. The predicted molar refractivity (Wildman–Crippen MR) is 94.7 cm³/mol. The van der Waals surface area contributed by atoms with Crippen LogP contribution in [0.4, 0.5) is 0 Å². The Kier molecular flexibility index (Phi) is 3.56. The van der Waals surface area contributed by atoms with Crippen molar-refractivity contribution in [1.29, 1.82) is 0 Å². The molecule has 4 heteroatoms. The lowest BCUT2D eigenvalue weighted by Gasteiger charge is -2.01. The molecule has 4 rings (SSSR count). The van der Waals surface area contributed by atoms with Gasteiger partial charge < -0.3 is 9.72 Å². The number of carbonyl (C=O) groups excluding carboxylic acids is 1. The Bertz CT molecular complexity index is 1050. The molecule has 0 saturated carbocycles. The highest BCUT2D eigenvalue weighted by Gasteiger charge is 2.07. The second-order valence-electron chi connectivity index (χ2n) is 5.42. The van der Waals surface area contributed by atoms with Crippen molar-refractivity contribution in [3.63, 3.8) is 0 Å². The Morgan fingerprint density at radius 3 is 2.75 bits per heavy atom. The summed E-state index contributed by atoms with van der Waals surface area (Å²) in [7, 11) is 0. The normalized spacial score (nSPS) is 11.3. The van der Waals surface area contributed by atoms with Crippen LogP contribution in [-0.4, -0.2) is 15.9 Å². The molecule has 2 heterocycles. The van der Waals surface area contributed by atoms with Crippen molar-refractivity contribution in [3.8, 4) is 5.75 Å². The third-order valence-electron chi connectivity index (χ3n) is 3.79. The molecule has 4 nitrogen and oxygen atoms in total. The van der Waals surface area contributed by atoms with Gasteiger partial charge in [-0.05, 0) is 42.0 Å². The van der Waals surface area contributed by atoms with Gasteiger partial charge in [-0.25, -0.2) is 4.79 Å². The lowest BCUT2D eigenvalue weighted by atomic mass is 10.1. The van der Waals surface area contributed by atoms with E-state index < -0.39 is 5.97 Å². The van der Waals surface area contributed by atoms with Gasteiger partial charge in [0.1, 0.15) is 5.75 Å². The monoisotopic (exact) mass is 314 g/mol. The SMILES string of the molecule is O=C(/C=C/c1cccnc1)Oc1ccc2[nH]c3ccccc3c2c1. The minimum absolute atomic E-state index is 0.418. The number of hydrogen-bond donors (Lipinski definition) is 1. The molecule has 0 radical (unpaired) electrons. The third kappa shape index (κ3) is 2.77. The van der Waals surface area contributed by atoms with Gasteiger partial charge in [0, 0.05) is 40.3 Å². The highest BCUT2D eigenvalue weighted by molar-refractivity contribution is 6.07. The van der Waals surface area contributed by atoms with E-state index in [1.807, 2.05) is 48.5 Å². The number of para-hydroxylation sites is 1. The van der Waals surface area contributed by atoms with Crippen LogP contribution < -0.4 is 4.74 Å². The van der Waals surface area contributed by atoms with Crippen LogP contribution >= 0.6 is 0 Å². The number of rotatable bonds is 3. The molecular formula is C20H14N2O2. The van der Waals surface area contributed by atoms with Gasteiger partial charge in [0.05, 0.1) is 0 Å². The van der Waals surface area contributed by atoms with E-state index in [0.717, 1.165) is 27.4 Å². The minimum atomic E-state index is -0.418. The summed E-state index contributed by atoms with van der Waals surface area (Å²) in [4.78, 5) is 19.3. The molecule has 0 unspecified atom stereocenters. The van der Waals surface area contributed by atoms with Crippen LogP contribution in [0.5, 0.6) is 5.75 Å². The number of benzene rings is 2. The zero-order valence-corrected chi connectivity index (χ0v) is 12.8. The highest BCUT2D eigenvalue weighted by Crippen LogP contribution is 2.28. The summed E-state index contributed by atoms with van der Waals surface area (Å²) >= 11 is 0. The number of nitrogens with zero attached hydrogens (tertiary/aromatic N) is 1. The molecule has 0 fully saturated rings. The second-order valence-corrected chi connectivity index (χ2v) is 5.42. The number of fused-ring (bicyclic) bond motifs is 3. The Morgan fingerprint density at radius 1 is 1.00 bits per heavy atom. The van der Waals surface area contributed by atoms with Crippen molar-refractivity contribution in [3.05, 3.63) is 78.6 Å². The van der Waals surface area contributed by atoms with Crippen LogP contribution in [0.1, 0.15) is 5.56 Å². The fourth-order valence-electron chi connectivity index (χ4n) is 2.68. The summed E-state index contributed by atoms with van der Waals surface area (Å²) in [5.74, 6) is 0.103. The molecule has 0 saturated heterocycles. The Labute approximate surface area is 138 Å². The first-order valence-corrected chi connectivity index (χ1v) is 7.60. The Hall–Kier alpha value is -3.40. The molecule has 0 atom stereocenters. The molecule has 2 aromatic heterocycles. The van der Waals surface area contributed by atoms with E-state index in [2.05, 4.69) is 9.97 Å². The number of carbonyl (C=O) groups is 1. The molecule has 2 aromatic carbocycles. The van der Waals surface area contributed by atoms with Gasteiger partial charge in [-0.15, -0.1) is 0 Å². The number of ether oxygens (including phenoxy) is 1. The van der Waals surface area contributed by atoms with Crippen molar-refractivity contribution >= 4 is 33.9 Å². The molecule has 1 N–H and O–H groups in total. The van der Waals surface area contributed by atoms with Gasteiger partial charge in [0.15, 0.2) is 0 Å². The quantitative estimate of drug-likeness (QED) is 0.348. The molecule has 0 aliphatic carbocycles. The zero-order chi connectivity index (χ0) is 16.4. The molecule has 116 valence electrons. The average Bonchev–Trinajstić information content (AvgIpc) is 2.99. The first kappa shape index (κ1) is 14.2. The van der Waals surface area contributed by atoms with E-state index in [9.17, 15) is 4.79 Å². The molecule has 0 aliphatic heterocycles. The fourth-order valence-corrected chi connectivity index (χ4v) is 2.68. The minimum Gasteiger partial charge on any atom is -0.423 e. The van der Waals surface area contributed by atoms with Crippen LogP contribution in [0.15, 0.2) is 73.1 Å². The molecule has 0 bridgehead atoms. The third-order valence-corrected chi connectivity index (χ3v) is 3.79. The first-order chi connectivity index (χ1) is 11.8. The summed E-state index contributed by atoms with van der Waals surface area (Å²) in [5.41, 5.74) is 2.93. The summed E-state index contributed by atoms with van der Waals surface area (Å²) in [6.07, 6.45) is 6.45. The summed E-state index contributed by atoms with van der Waals surface area (Å²) in [5, 5.41) is 2.14. The van der Waals surface area contributed by atoms with E-state index in [0.29, 0.717) is 5.75 Å². The second kappa shape index (κ2) is 6.01. The van der Waals surface area contributed by atoms with Gasteiger partial charge in [-0.2, -0.15) is 0 Å². The number of nitrogens with one attached hydrogen (secondary N) is 1. The van der Waals surface area contributed by atoms with E-state index in [-0.39, 0.29) is 0 Å². The van der Waals surface area contributed by atoms with Crippen molar-refractivity contribution in [1.82, 2.24) is 9.97 Å². The van der Waals surface area contributed by atoms with Gasteiger partial charge in [0.25, 0.3) is 0 Å². The van der Waals surface area contributed by atoms with Crippen LogP contribution in [0.3, 0.4) is 0 Å². The van der Waals surface area contributed by atoms with E-state index >= 15 is 0 Å². The van der Waals surface area contributed by atoms with Crippen LogP contribution in [0.25, 0.3) is 27.9 Å². The number of aromatic nitrogens is 2. The number of hydrogen-bond acceptors (Lipinski definition) is 3. The van der Waals surface area contributed by atoms with Gasteiger partial charge >= 0.3 is 5.97 Å². The molecule has 24 heavy (non-hydrogen) atoms. The Balaban J connectivity index is 1.59. The molecule has 0 spiro atoms. The topological polar surface area (TPSA) is 55.0 Å². The van der Waals surface area contributed by atoms with E-state index in [1.54, 1.807) is 24.5 Å². The van der Waals surface area contributed by atoms with Crippen LogP contribution in [0, 0.1) is 0 Å². The summed E-state index contributed by atoms with van der Waals surface area (Å²) < 4.78 is 5.40. The lowest BCUT2D eigenvalue weighted by molar-refractivity contribution is -0.128. The molecular weight excluding hydrogens is 300 g/mol. The maximum Gasteiger partial charge on any atom is 0.336 e. The number of aromatic amines is 1. The maximum absolute atomic E-state index is 12.0. The smallest absolute Gasteiger partial charge is 0.336 e. The molecule has 0 amide bonds. The molecule has 4 aromatic rings. The predicted octanol–water partition coefficient (Wildman–Crippen LogP) is 4.33. The average molecular weight is 314 g/mol. The van der Waals surface area contributed by atoms with Gasteiger partial charge in [0.2, 0.25) is 0 Å². The van der Waals surface area contributed by atoms with Crippen molar-refractivity contribution in [2.75, 3.05) is 0 Å². The van der Waals surface area contributed by atoms with Crippen molar-refractivity contribution in [2.45, 2.75) is 0 Å². The van der Waals surface area contributed by atoms with E-state index in [1.165, 1.54) is 6.08 Å². The van der Waals surface area contributed by atoms with Crippen molar-refractivity contribution in [2.24, 2.45) is 0 Å². The van der Waals surface area contributed by atoms with Crippen LogP contribution in [0.2, 0.25) is 0 Å². The van der Waals surface area contributed by atoms with Gasteiger partial charge in [-0.3, -0.25) is 4.98 Å². The summed E-state index contributed by atoms with van der Waals surface area (Å²) in [6, 6.07) is 17.3. The zero-order valence-electron chi connectivity index (χ0n) is 12.8. The number of pyridine rings is 1. The fraction of sp³-hybridized carbons (Fsp3) is 0.